The van der Waals surface area contributed by atoms with Crippen LogP contribution in [0.15, 0.2) is 18.2 Å². The van der Waals surface area contributed by atoms with Crippen molar-refractivity contribution in [1.29, 1.82) is 0 Å². The van der Waals surface area contributed by atoms with Crippen LogP contribution in [0, 0.1) is 15.9 Å². The molecule has 0 spiro atoms. The van der Waals surface area contributed by atoms with Gasteiger partial charge in [-0.15, -0.1) is 11.6 Å². The summed E-state index contributed by atoms with van der Waals surface area (Å²) in [6.07, 6.45) is 0. The number of nitro groups is 1. The van der Waals surface area contributed by atoms with E-state index >= 15 is 0 Å². The zero-order chi connectivity index (χ0) is 13.0. The van der Waals surface area contributed by atoms with Crippen LogP contribution in [0.1, 0.15) is 10.4 Å². The average Bonchev–Trinajstić information content (AvgIpc) is 2.27. The fraction of sp³-hybridized carbons (Fsp3) is 0.300. The van der Waals surface area contributed by atoms with Crippen LogP contribution < -0.4 is 0 Å². The molecule has 1 rings (SSSR count). The van der Waals surface area contributed by atoms with Crippen LogP contribution >= 0.6 is 11.6 Å². The number of nitrogens with zero attached hydrogens (tertiary/aromatic N) is 2. The molecule has 0 fully saturated rings. The molecule has 92 valence electrons. The minimum atomic E-state index is -0.721. The number of rotatable bonds is 4. The maximum absolute atomic E-state index is 13.0. The molecule has 17 heavy (non-hydrogen) atoms. The van der Waals surface area contributed by atoms with E-state index in [0.29, 0.717) is 0 Å². The van der Waals surface area contributed by atoms with Gasteiger partial charge in [0.05, 0.1) is 4.92 Å². The summed E-state index contributed by atoms with van der Waals surface area (Å²) in [7, 11) is 1.44. The third kappa shape index (κ3) is 3.13. The lowest BCUT2D eigenvalue weighted by molar-refractivity contribution is -0.385. The third-order valence-corrected chi connectivity index (χ3v) is 2.32. The van der Waals surface area contributed by atoms with Gasteiger partial charge >= 0.3 is 0 Å². The van der Waals surface area contributed by atoms with Gasteiger partial charge in [-0.05, 0) is 12.1 Å². The summed E-state index contributed by atoms with van der Waals surface area (Å²) < 4.78 is 13.0. The lowest BCUT2D eigenvalue weighted by Crippen LogP contribution is -2.29. The molecule has 7 heteroatoms. The van der Waals surface area contributed by atoms with Crippen molar-refractivity contribution < 1.29 is 14.1 Å². The number of carbonyl (C=O) groups excluding carboxylic acids is 1. The number of halogens is 2. The standard InChI is InChI=1S/C10H10ClFN2O3/c1-13(5-4-11)10(15)8-6-7(12)2-3-9(8)14(16)17/h2-3,6H,4-5H2,1H3. The Hall–Kier alpha value is -1.69. The number of alkyl halides is 1. The molecular weight excluding hydrogens is 251 g/mol. The van der Waals surface area contributed by atoms with Crippen molar-refractivity contribution in [2.24, 2.45) is 0 Å². The molecule has 1 aromatic rings. The first-order valence-electron chi connectivity index (χ1n) is 4.72. The van der Waals surface area contributed by atoms with E-state index in [0.717, 1.165) is 18.2 Å². The van der Waals surface area contributed by atoms with Crippen molar-refractivity contribution >= 4 is 23.2 Å². The van der Waals surface area contributed by atoms with E-state index < -0.39 is 22.3 Å². The van der Waals surface area contributed by atoms with Crippen LogP contribution in [0.4, 0.5) is 10.1 Å². The topological polar surface area (TPSA) is 63.5 Å². The van der Waals surface area contributed by atoms with Crippen molar-refractivity contribution in [1.82, 2.24) is 4.90 Å². The number of amides is 1. The van der Waals surface area contributed by atoms with E-state index in [9.17, 15) is 19.3 Å². The Kier molecular flexibility index (Phi) is 4.39. The molecule has 0 unspecified atom stereocenters. The van der Waals surface area contributed by atoms with Crippen LogP contribution in [0.25, 0.3) is 0 Å². The number of carbonyl (C=O) groups is 1. The molecule has 0 heterocycles. The highest BCUT2D eigenvalue weighted by Gasteiger charge is 2.23. The molecule has 0 N–H and O–H groups in total. The Morgan fingerprint density at radius 3 is 2.76 bits per heavy atom. The van der Waals surface area contributed by atoms with Gasteiger partial charge in [-0.1, -0.05) is 0 Å². The highest BCUT2D eigenvalue weighted by molar-refractivity contribution is 6.18. The molecule has 0 atom stereocenters. The third-order valence-electron chi connectivity index (χ3n) is 2.15. The van der Waals surface area contributed by atoms with Crippen LogP contribution in [0.3, 0.4) is 0 Å². The number of hydrogen-bond donors (Lipinski definition) is 0. The normalized spacial score (nSPS) is 10.1. The van der Waals surface area contributed by atoms with Crippen molar-refractivity contribution in [2.45, 2.75) is 0 Å². The first kappa shape index (κ1) is 13.4. The summed E-state index contributed by atoms with van der Waals surface area (Å²) >= 11 is 5.46. The number of nitro benzene ring substituents is 1. The summed E-state index contributed by atoms with van der Waals surface area (Å²) in [6.45, 7) is 0.230. The SMILES string of the molecule is CN(CCCl)C(=O)c1cc(F)ccc1[N+](=O)[O-]. The molecule has 0 radical (unpaired) electrons. The fourth-order valence-corrected chi connectivity index (χ4v) is 1.53. The van der Waals surface area contributed by atoms with E-state index in [1.807, 2.05) is 0 Å². The van der Waals surface area contributed by atoms with Crippen molar-refractivity contribution in [3.8, 4) is 0 Å². The summed E-state index contributed by atoms with van der Waals surface area (Å²) in [5.41, 5.74) is -0.694. The van der Waals surface area contributed by atoms with E-state index in [2.05, 4.69) is 0 Å². The molecule has 0 aliphatic rings. The van der Waals surface area contributed by atoms with E-state index in [1.165, 1.54) is 11.9 Å². The monoisotopic (exact) mass is 260 g/mol. The van der Waals surface area contributed by atoms with Crippen molar-refractivity contribution in [3.05, 3.63) is 39.7 Å². The molecule has 0 aliphatic carbocycles. The zero-order valence-corrected chi connectivity index (χ0v) is 9.78. The first-order valence-corrected chi connectivity index (χ1v) is 5.26. The van der Waals surface area contributed by atoms with Gasteiger partial charge in [-0.25, -0.2) is 4.39 Å². The average molecular weight is 261 g/mol. The van der Waals surface area contributed by atoms with E-state index in [1.54, 1.807) is 0 Å². The summed E-state index contributed by atoms with van der Waals surface area (Å²) in [6, 6.07) is 2.76. The Balaban J connectivity index is 3.15. The molecule has 1 amide bonds. The molecule has 1 aromatic carbocycles. The molecule has 0 aliphatic heterocycles. The molecule has 0 aromatic heterocycles. The maximum atomic E-state index is 13.0. The molecule has 0 bridgehead atoms. The van der Waals surface area contributed by atoms with Crippen LogP contribution in [-0.4, -0.2) is 35.2 Å². The molecular formula is C10H10ClFN2O3. The smallest absolute Gasteiger partial charge is 0.282 e. The minimum absolute atomic E-state index is 0.200. The maximum Gasteiger partial charge on any atom is 0.282 e. The van der Waals surface area contributed by atoms with Crippen LogP contribution in [-0.2, 0) is 0 Å². The lowest BCUT2D eigenvalue weighted by Gasteiger charge is -2.15. The summed E-state index contributed by atoms with van der Waals surface area (Å²) in [4.78, 5) is 23.0. The Labute approximate surface area is 102 Å². The van der Waals surface area contributed by atoms with E-state index in [-0.39, 0.29) is 18.0 Å². The van der Waals surface area contributed by atoms with Gasteiger partial charge in [0, 0.05) is 25.5 Å². The minimum Gasteiger partial charge on any atom is -0.340 e. The van der Waals surface area contributed by atoms with Crippen LogP contribution in [0.2, 0.25) is 0 Å². The van der Waals surface area contributed by atoms with Crippen molar-refractivity contribution in [3.63, 3.8) is 0 Å². The predicted octanol–water partition coefficient (Wildman–Crippen LogP) is 2.04. The largest absolute Gasteiger partial charge is 0.340 e. The Morgan fingerprint density at radius 1 is 1.59 bits per heavy atom. The zero-order valence-electron chi connectivity index (χ0n) is 9.02. The summed E-state index contributed by atoms with van der Waals surface area (Å²) in [5, 5.41) is 10.7. The summed E-state index contributed by atoms with van der Waals surface area (Å²) in [5.74, 6) is -1.12. The van der Waals surface area contributed by atoms with Crippen LogP contribution in [0.5, 0.6) is 0 Å². The molecule has 0 saturated heterocycles. The Bertz CT molecular complexity index is 453. The van der Waals surface area contributed by atoms with E-state index in [4.69, 9.17) is 11.6 Å². The number of hydrogen-bond acceptors (Lipinski definition) is 3. The first-order chi connectivity index (χ1) is 7.97. The second-order valence-electron chi connectivity index (χ2n) is 3.33. The predicted molar refractivity (Wildman–Crippen MR) is 60.7 cm³/mol. The lowest BCUT2D eigenvalue weighted by atomic mass is 10.1. The Morgan fingerprint density at radius 2 is 2.24 bits per heavy atom. The van der Waals surface area contributed by atoms with Gasteiger partial charge in [0.25, 0.3) is 11.6 Å². The molecule has 0 saturated carbocycles. The van der Waals surface area contributed by atoms with Gasteiger partial charge < -0.3 is 4.90 Å². The van der Waals surface area contributed by atoms with Gasteiger partial charge in [0.1, 0.15) is 11.4 Å². The second-order valence-corrected chi connectivity index (χ2v) is 3.71. The second kappa shape index (κ2) is 5.58. The van der Waals surface area contributed by atoms with Gasteiger partial charge in [0.15, 0.2) is 0 Å². The fourth-order valence-electron chi connectivity index (χ4n) is 1.27. The highest BCUT2D eigenvalue weighted by Crippen LogP contribution is 2.20. The molecule has 5 nitrogen and oxygen atoms in total. The van der Waals surface area contributed by atoms with Gasteiger partial charge in [-0.3, -0.25) is 14.9 Å². The number of benzene rings is 1. The quantitative estimate of drug-likeness (QED) is 0.473. The van der Waals surface area contributed by atoms with Gasteiger partial charge in [0.2, 0.25) is 0 Å². The highest BCUT2D eigenvalue weighted by atomic mass is 35.5. The van der Waals surface area contributed by atoms with Crippen molar-refractivity contribution in [2.75, 3.05) is 19.5 Å². The van der Waals surface area contributed by atoms with Gasteiger partial charge in [-0.2, -0.15) is 0 Å².